The Morgan fingerprint density at radius 3 is 2.61 bits per heavy atom. The van der Waals surface area contributed by atoms with Crippen LogP contribution in [0.25, 0.3) is 0 Å². The number of hydrogen-bond donors (Lipinski definition) is 2. The molecule has 2 saturated heterocycles. The largest absolute Gasteiger partial charge is 0.481 e. The number of methoxy groups -OCH3 is 1. The predicted molar refractivity (Wildman–Crippen MR) is 64.1 cm³/mol. The van der Waals surface area contributed by atoms with Gasteiger partial charge in [0.05, 0.1) is 18.1 Å². The molecule has 6 nitrogen and oxygen atoms in total. The number of nitrogens with one attached hydrogen (secondary N) is 1. The summed E-state index contributed by atoms with van der Waals surface area (Å²) in [5.41, 5.74) is 0. The number of carboxylic acids is 1. The summed E-state index contributed by atoms with van der Waals surface area (Å²) in [6, 6.07) is -0.227. The van der Waals surface area contributed by atoms with Crippen LogP contribution in [0.4, 0.5) is 0 Å². The van der Waals surface area contributed by atoms with Gasteiger partial charge in [0, 0.05) is 26.7 Å². The summed E-state index contributed by atoms with van der Waals surface area (Å²) in [4.78, 5) is 24.9. The summed E-state index contributed by atoms with van der Waals surface area (Å²) in [7, 11) is 1.64. The van der Waals surface area contributed by atoms with Gasteiger partial charge in [0.1, 0.15) is 0 Å². The van der Waals surface area contributed by atoms with E-state index in [2.05, 4.69) is 5.32 Å². The van der Waals surface area contributed by atoms with Gasteiger partial charge in [0.15, 0.2) is 0 Å². The van der Waals surface area contributed by atoms with Gasteiger partial charge in [-0.15, -0.1) is 0 Å². The van der Waals surface area contributed by atoms with Gasteiger partial charge in [-0.2, -0.15) is 0 Å². The van der Waals surface area contributed by atoms with Gasteiger partial charge in [0.2, 0.25) is 5.91 Å². The molecule has 2 aliphatic rings. The Morgan fingerprint density at radius 1 is 1.39 bits per heavy atom. The first-order valence-corrected chi connectivity index (χ1v) is 6.30. The van der Waals surface area contributed by atoms with E-state index in [0.29, 0.717) is 26.1 Å². The topological polar surface area (TPSA) is 78.9 Å². The summed E-state index contributed by atoms with van der Waals surface area (Å²) in [5.74, 6) is -1.23. The van der Waals surface area contributed by atoms with E-state index < -0.39 is 11.9 Å². The van der Waals surface area contributed by atoms with Gasteiger partial charge < -0.3 is 20.1 Å². The quantitative estimate of drug-likeness (QED) is 0.714. The van der Waals surface area contributed by atoms with E-state index in [-0.39, 0.29) is 24.0 Å². The van der Waals surface area contributed by atoms with Crippen LogP contribution in [0.1, 0.15) is 13.3 Å². The third-order valence-electron chi connectivity index (χ3n) is 3.96. The smallest absolute Gasteiger partial charge is 0.308 e. The van der Waals surface area contributed by atoms with Gasteiger partial charge in [-0.25, -0.2) is 0 Å². The zero-order valence-corrected chi connectivity index (χ0v) is 10.8. The fraction of sp³-hybridized carbons (Fsp3) is 0.833. The first-order chi connectivity index (χ1) is 8.52. The second-order valence-electron chi connectivity index (χ2n) is 5.22. The lowest BCUT2D eigenvalue weighted by atomic mass is 9.99. The van der Waals surface area contributed by atoms with E-state index in [4.69, 9.17) is 9.84 Å². The maximum Gasteiger partial charge on any atom is 0.308 e. The Kier molecular flexibility index (Phi) is 3.87. The molecule has 2 heterocycles. The van der Waals surface area contributed by atoms with Crippen molar-refractivity contribution in [1.29, 1.82) is 0 Å². The first-order valence-electron chi connectivity index (χ1n) is 6.30. The van der Waals surface area contributed by atoms with Crippen LogP contribution < -0.4 is 5.32 Å². The molecule has 0 bridgehead atoms. The summed E-state index contributed by atoms with van der Waals surface area (Å²) >= 11 is 0. The van der Waals surface area contributed by atoms with Crippen LogP contribution in [0, 0.1) is 11.8 Å². The second kappa shape index (κ2) is 5.24. The molecule has 0 aliphatic carbocycles. The molecular formula is C12H20N2O4. The standard InChI is InChI=1S/C12H20N2O4/c1-7-5-14(6-9(7)12(16)17)11(15)10-3-8(18-2)4-13-10/h7-10,13H,3-6H2,1-2H3,(H,16,17)/t7-,8?,9-,10?/m1/s1. The third kappa shape index (κ3) is 2.49. The van der Waals surface area contributed by atoms with Crippen LogP contribution in [-0.2, 0) is 14.3 Å². The third-order valence-corrected chi connectivity index (χ3v) is 3.96. The number of likely N-dealkylation sites (tertiary alicyclic amines) is 1. The molecule has 0 aromatic carbocycles. The molecule has 0 radical (unpaired) electrons. The molecule has 2 rings (SSSR count). The normalized spacial score (nSPS) is 36.0. The Hall–Kier alpha value is -1.14. The average molecular weight is 256 g/mol. The number of carbonyl (C=O) groups excluding carboxylic acids is 1. The van der Waals surface area contributed by atoms with E-state index >= 15 is 0 Å². The highest BCUT2D eigenvalue weighted by Crippen LogP contribution is 2.25. The number of rotatable bonds is 3. The highest BCUT2D eigenvalue weighted by atomic mass is 16.5. The van der Waals surface area contributed by atoms with Gasteiger partial charge >= 0.3 is 5.97 Å². The van der Waals surface area contributed by atoms with Crippen molar-refractivity contribution in [2.24, 2.45) is 11.8 Å². The van der Waals surface area contributed by atoms with Crippen LogP contribution in [0.2, 0.25) is 0 Å². The molecule has 2 unspecified atom stereocenters. The Bertz CT molecular complexity index is 347. The van der Waals surface area contributed by atoms with Crippen molar-refractivity contribution in [3.63, 3.8) is 0 Å². The van der Waals surface area contributed by atoms with Crippen molar-refractivity contribution in [3.05, 3.63) is 0 Å². The van der Waals surface area contributed by atoms with E-state index in [1.807, 2.05) is 6.92 Å². The van der Waals surface area contributed by atoms with Gasteiger partial charge in [-0.3, -0.25) is 9.59 Å². The lowest BCUT2D eigenvalue weighted by Crippen LogP contribution is -2.42. The molecule has 0 aromatic heterocycles. The minimum atomic E-state index is -0.813. The lowest BCUT2D eigenvalue weighted by Gasteiger charge is -2.20. The fourth-order valence-electron chi connectivity index (χ4n) is 2.76. The maximum atomic E-state index is 12.2. The Morgan fingerprint density at radius 2 is 2.11 bits per heavy atom. The van der Waals surface area contributed by atoms with Crippen LogP contribution in [0.15, 0.2) is 0 Å². The number of hydrogen-bond acceptors (Lipinski definition) is 4. The van der Waals surface area contributed by atoms with Crippen LogP contribution in [0.3, 0.4) is 0 Å². The molecule has 2 N–H and O–H groups in total. The number of amides is 1. The van der Waals surface area contributed by atoms with Crippen LogP contribution >= 0.6 is 0 Å². The average Bonchev–Trinajstić information content (AvgIpc) is 2.94. The number of carbonyl (C=O) groups is 2. The molecule has 0 spiro atoms. The van der Waals surface area contributed by atoms with Crippen LogP contribution in [-0.4, -0.2) is 60.8 Å². The highest BCUT2D eigenvalue weighted by Gasteiger charge is 2.40. The molecule has 0 saturated carbocycles. The minimum Gasteiger partial charge on any atom is -0.481 e. The molecule has 2 fully saturated rings. The van der Waals surface area contributed by atoms with Crippen molar-refractivity contribution in [2.45, 2.75) is 25.5 Å². The van der Waals surface area contributed by atoms with E-state index in [9.17, 15) is 9.59 Å². The molecule has 4 atom stereocenters. The molecule has 2 aliphatic heterocycles. The molecular weight excluding hydrogens is 236 g/mol. The van der Waals surface area contributed by atoms with Gasteiger partial charge in [-0.1, -0.05) is 6.92 Å². The van der Waals surface area contributed by atoms with Crippen molar-refractivity contribution in [1.82, 2.24) is 10.2 Å². The van der Waals surface area contributed by atoms with E-state index in [1.54, 1.807) is 12.0 Å². The summed E-state index contributed by atoms with van der Waals surface area (Å²) in [6.07, 6.45) is 0.743. The SMILES string of the molecule is COC1CNC(C(=O)N2C[C@@H](C)[C@H](C(=O)O)C2)C1. The highest BCUT2D eigenvalue weighted by molar-refractivity contribution is 5.83. The zero-order chi connectivity index (χ0) is 13.3. The monoisotopic (exact) mass is 256 g/mol. The van der Waals surface area contributed by atoms with Crippen molar-refractivity contribution < 1.29 is 19.4 Å². The predicted octanol–water partition coefficient (Wildman–Crippen LogP) is -0.458. The minimum absolute atomic E-state index is 0.00477. The van der Waals surface area contributed by atoms with Gasteiger partial charge in [-0.05, 0) is 12.3 Å². The van der Waals surface area contributed by atoms with Crippen molar-refractivity contribution >= 4 is 11.9 Å². The Labute approximate surface area is 106 Å². The molecule has 18 heavy (non-hydrogen) atoms. The van der Waals surface area contributed by atoms with Crippen molar-refractivity contribution in [3.8, 4) is 0 Å². The molecule has 1 amide bonds. The molecule has 6 heteroatoms. The summed E-state index contributed by atoms with van der Waals surface area (Å²) in [5, 5.41) is 12.2. The number of ether oxygens (including phenoxy) is 1. The van der Waals surface area contributed by atoms with E-state index in [0.717, 1.165) is 0 Å². The first kappa shape index (κ1) is 13.3. The van der Waals surface area contributed by atoms with Crippen LogP contribution in [0.5, 0.6) is 0 Å². The lowest BCUT2D eigenvalue weighted by molar-refractivity contribution is -0.142. The maximum absolute atomic E-state index is 12.2. The number of aliphatic carboxylic acids is 1. The number of nitrogens with zero attached hydrogens (tertiary/aromatic N) is 1. The second-order valence-corrected chi connectivity index (χ2v) is 5.22. The Balaban J connectivity index is 1.93. The van der Waals surface area contributed by atoms with Gasteiger partial charge in [0.25, 0.3) is 0 Å². The summed E-state index contributed by atoms with van der Waals surface area (Å²) < 4.78 is 5.21. The fourth-order valence-corrected chi connectivity index (χ4v) is 2.76. The van der Waals surface area contributed by atoms with Crippen molar-refractivity contribution in [2.75, 3.05) is 26.7 Å². The van der Waals surface area contributed by atoms with E-state index in [1.165, 1.54) is 0 Å². The summed E-state index contributed by atoms with van der Waals surface area (Å²) in [6.45, 7) is 3.42. The molecule has 102 valence electrons. The number of carboxylic acid groups (broad SMARTS) is 1. The zero-order valence-electron chi connectivity index (χ0n) is 10.8. The molecule has 0 aromatic rings.